The van der Waals surface area contributed by atoms with Gasteiger partial charge in [0.2, 0.25) is 0 Å². The number of rotatable bonds is 1. The van der Waals surface area contributed by atoms with Crippen molar-refractivity contribution in [3.05, 3.63) is 25.8 Å². The number of hydrogen-bond acceptors (Lipinski definition) is 4. The van der Waals surface area contributed by atoms with Crippen molar-refractivity contribution < 1.29 is 0 Å². The molecule has 0 saturated carbocycles. The molecule has 0 aromatic carbocycles. The third-order valence-electron chi connectivity index (χ3n) is 1.69. The van der Waals surface area contributed by atoms with Crippen LogP contribution in [-0.4, -0.2) is 25.4 Å². The lowest BCUT2D eigenvalue weighted by molar-refractivity contribution is 0.935. The van der Waals surface area contributed by atoms with Gasteiger partial charge in [0.1, 0.15) is 5.69 Å². The highest BCUT2D eigenvalue weighted by atomic mass is 127. The van der Waals surface area contributed by atoms with Gasteiger partial charge in [-0.1, -0.05) is 0 Å². The molecular weight excluding hydrogens is 297 g/mol. The van der Waals surface area contributed by atoms with Gasteiger partial charge >= 0.3 is 0 Å². The van der Waals surface area contributed by atoms with E-state index < -0.39 is 0 Å². The summed E-state index contributed by atoms with van der Waals surface area (Å²) in [4.78, 5) is 18.2. The minimum Gasteiger partial charge on any atom is -0.304 e. The molecule has 0 bridgehead atoms. The van der Waals surface area contributed by atoms with Crippen LogP contribution in [-0.2, 0) is 0 Å². The molecule has 72 valence electrons. The Balaban J connectivity index is 2.63. The van der Waals surface area contributed by atoms with E-state index in [1.54, 1.807) is 6.92 Å². The zero-order valence-corrected chi connectivity index (χ0v) is 9.36. The number of aryl methyl sites for hydroxylation is 1. The first-order valence-corrected chi connectivity index (χ1v) is 4.89. The Bertz CT molecular complexity index is 503. The maximum absolute atomic E-state index is 11.4. The van der Waals surface area contributed by atoms with E-state index >= 15 is 0 Å². The maximum atomic E-state index is 11.4. The van der Waals surface area contributed by atoms with Crippen molar-refractivity contribution in [3.63, 3.8) is 0 Å². The van der Waals surface area contributed by atoms with Gasteiger partial charge in [0.05, 0.1) is 15.5 Å². The van der Waals surface area contributed by atoms with Gasteiger partial charge in [-0.15, -0.1) is 0 Å². The average molecular weight is 303 g/mol. The minimum absolute atomic E-state index is 0.156. The molecule has 2 heterocycles. The van der Waals surface area contributed by atoms with Crippen molar-refractivity contribution in [2.24, 2.45) is 0 Å². The van der Waals surface area contributed by atoms with Gasteiger partial charge in [-0.2, -0.15) is 15.4 Å². The number of H-pyrrole nitrogens is 2. The Morgan fingerprint density at radius 1 is 1.50 bits per heavy atom. The quantitative estimate of drug-likeness (QED) is 0.750. The molecule has 0 fully saturated rings. The smallest absolute Gasteiger partial charge is 0.264 e. The average Bonchev–Trinajstić information content (AvgIpc) is 2.66. The van der Waals surface area contributed by atoms with Crippen molar-refractivity contribution in [1.29, 1.82) is 0 Å². The summed E-state index contributed by atoms with van der Waals surface area (Å²) in [6.07, 6.45) is 1.50. The van der Waals surface area contributed by atoms with Crippen LogP contribution >= 0.6 is 22.6 Å². The van der Waals surface area contributed by atoms with E-state index in [9.17, 15) is 4.79 Å². The second-order valence-corrected chi connectivity index (χ2v) is 3.75. The van der Waals surface area contributed by atoms with E-state index in [1.807, 2.05) is 22.6 Å². The summed E-state index contributed by atoms with van der Waals surface area (Å²) in [5, 5.41) is 9.93. The summed E-state index contributed by atoms with van der Waals surface area (Å²) < 4.78 is 0.592. The maximum Gasteiger partial charge on any atom is 0.264 e. The molecule has 0 aliphatic carbocycles. The molecule has 0 atom stereocenters. The molecule has 6 nitrogen and oxygen atoms in total. The fraction of sp³-hybridized carbons (Fsp3) is 0.143. The summed E-state index contributed by atoms with van der Waals surface area (Å²) in [6, 6.07) is 0. The van der Waals surface area contributed by atoms with E-state index in [4.69, 9.17) is 0 Å². The fourth-order valence-corrected chi connectivity index (χ4v) is 1.26. The standard InChI is InChI=1S/C7H6IN5O/c1-3-5(8)7(14)11-6(10-3)4-2-9-13-12-4/h2H,1H3,(H,9,12,13)(H,10,11,14). The predicted octanol–water partition coefficient (Wildman–Crippen LogP) is 0.468. The lowest BCUT2D eigenvalue weighted by atomic mass is 10.4. The first kappa shape index (κ1) is 9.31. The van der Waals surface area contributed by atoms with E-state index in [1.165, 1.54) is 6.20 Å². The number of nitrogens with one attached hydrogen (secondary N) is 2. The number of hydrogen-bond donors (Lipinski definition) is 2. The number of aromatic amines is 2. The highest BCUT2D eigenvalue weighted by Crippen LogP contribution is 2.09. The van der Waals surface area contributed by atoms with Gasteiger partial charge in [0.15, 0.2) is 5.82 Å². The van der Waals surface area contributed by atoms with Crippen molar-refractivity contribution in [3.8, 4) is 11.5 Å². The second kappa shape index (κ2) is 3.48. The minimum atomic E-state index is -0.156. The third-order valence-corrected chi connectivity index (χ3v) is 2.96. The van der Waals surface area contributed by atoms with Crippen LogP contribution in [0.25, 0.3) is 11.5 Å². The van der Waals surface area contributed by atoms with Crippen LogP contribution in [0.1, 0.15) is 5.69 Å². The fourth-order valence-electron chi connectivity index (χ4n) is 1.01. The van der Waals surface area contributed by atoms with Gasteiger partial charge in [-0.05, 0) is 29.5 Å². The molecule has 0 amide bonds. The molecule has 2 aromatic rings. The Kier molecular flexibility index (Phi) is 2.32. The third kappa shape index (κ3) is 1.54. The molecule has 0 spiro atoms. The van der Waals surface area contributed by atoms with Crippen molar-refractivity contribution in [1.82, 2.24) is 25.4 Å². The lowest BCUT2D eigenvalue weighted by Gasteiger charge is -1.98. The van der Waals surface area contributed by atoms with Crippen molar-refractivity contribution in [2.75, 3.05) is 0 Å². The topological polar surface area (TPSA) is 87.3 Å². The zero-order chi connectivity index (χ0) is 10.1. The van der Waals surface area contributed by atoms with E-state index in [2.05, 4.69) is 25.4 Å². The van der Waals surface area contributed by atoms with E-state index in [0.717, 1.165) is 0 Å². The number of aromatic nitrogens is 5. The van der Waals surface area contributed by atoms with Crippen molar-refractivity contribution >= 4 is 22.6 Å². The Hall–Kier alpha value is -1.25. The van der Waals surface area contributed by atoms with Crippen molar-refractivity contribution in [2.45, 2.75) is 6.92 Å². The second-order valence-electron chi connectivity index (χ2n) is 2.67. The van der Waals surface area contributed by atoms with Gasteiger partial charge in [0, 0.05) is 0 Å². The lowest BCUT2D eigenvalue weighted by Crippen LogP contribution is -2.14. The normalized spacial score (nSPS) is 10.4. The van der Waals surface area contributed by atoms with Crippen LogP contribution in [0.15, 0.2) is 11.0 Å². The van der Waals surface area contributed by atoms with Gasteiger partial charge in [0.25, 0.3) is 5.56 Å². The predicted molar refractivity (Wildman–Crippen MR) is 57.7 cm³/mol. The monoisotopic (exact) mass is 303 g/mol. The van der Waals surface area contributed by atoms with Gasteiger partial charge < -0.3 is 4.98 Å². The summed E-state index contributed by atoms with van der Waals surface area (Å²) in [5.41, 5.74) is 1.06. The molecule has 2 N–H and O–H groups in total. The molecule has 0 unspecified atom stereocenters. The molecule has 0 saturated heterocycles. The van der Waals surface area contributed by atoms with Crippen LogP contribution in [0, 0.1) is 10.5 Å². The number of nitrogens with zero attached hydrogens (tertiary/aromatic N) is 3. The summed E-state index contributed by atoms with van der Waals surface area (Å²) >= 11 is 1.95. The van der Waals surface area contributed by atoms with Crippen LogP contribution in [0.4, 0.5) is 0 Å². The molecule has 2 aromatic heterocycles. The Morgan fingerprint density at radius 3 is 2.86 bits per heavy atom. The zero-order valence-electron chi connectivity index (χ0n) is 7.21. The molecule has 0 aliphatic heterocycles. The molecule has 0 radical (unpaired) electrons. The molecular formula is C7H6IN5O. The van der Waals surface area contributed by atoms with E-state index in [-0.39, 0.29) is 5.56 Å². The highest BCUT2D eigenvalue weighted by molar-refractivity contribution is 14.1. The molecule has 0 aliphatic rings. The Morgan fingerprint density at radius 2 is 2.29 bits per heavy atom. The highest BCUT2D eigenvalue weighted by Gasteiger charge is 2.08. The van der Waals surface area contributed by atoms with E-state index in [0.29, 0.717) is 20.8 Å². The van der Waals surface area contributed by atoms with Crippen LogP contribution in [0.2, 0.25) is 0 Å². The van der Waals surface area contributed by atoms with Gasteiger partial charge in [-0.3, -0.25) is 4.79 Å². The summed E-state index contributed by atoms with van der Waals surface area (Å²) in [6.45, 7) is 1.78. The molecule has 2 rings (SSSR count). The van der Waals surface area contributed by atoms with Gasteiger partial charge in [-0.25, -0.2) is 4.98 Å². The molecule has 7 heteroatoms. The Labute approximate surface area is 92.3 Å². The van der Waals surface area contributed by atoms with Crippen LogP contribution in [0.5, 0.6) is 0 Å². The van der Waals surface area contributed by atoms with Crippen LogP contribution < -0.4 is 5.56 Å². The summed E-state index contributed by atoms with van der Waals surface area (Å²) in [5.74, 6) is 0.432. The van der Waals surface area contributed by atoms with Crippen LogP contribution in [0.3, 0.4) is 0 Å². The number of halogens is 1. The first-order chi connectivity index (χ1) is 6.68. The summed E-state index contributed by atoms with van der Waals surface area (Å²) in [7, 11) is 0. The SMILES string of the molecule is Cc1nc(-c2cn[nH]n2)[nH]c(=O)c1I. The molecule has 14 heavy (non-hydrogen) atoms. The first-order valence-electron chi connectivity index (χ1n) is 3.81. The largest absolute Gasteiger partial charge is 0.304 e.